The van der Waals surface area contributed by atoms with Crippen molar-refractivity contribution in [3.05, 3.63) is 42.2 Å². The first-order valence-electron chi connectivity index (χ1n) is 8.27. The summed E-state index contributed by atoms with van der Waals surface area (Å²) in [5.41, 5.74) is 1.54. The van der Waals surface area contributed by atoms with Crippen molar-refractivity contribution in [1.29, 1.82) is 0 Å². The molecule has 3 aromatic rings. The molecule has 0 aliphatic carbocycles. The zero-order valence-corrected chi connectivity index (χ0v) is 15.6. The van der Waals surface area contributed by atoms with Crippen LogP contribution in [0.1, 0.15) is 24.6 Å². The third-order valence-corrected chi connectivity index (χ3v) is 3.83. The minimum absolute atomic E-state index is 0.239. The van der Waals surface area contributed by atoms with Gasteiger partial charge in [-0.1, -0.05) is 5.16 Å². The first-order chi connectivity index (χ1) is 13.1. The van der Waals surface area contributed by atoms with Crippen molar-refractivity contribution in [3.8, 4) is 22.9 Å². The maximum atomic E-state index is 5.40. The molecule has 1 N–H and O–H groups in total. The maximum absolute atomic E-state index is 5.40. The van der Waals surface area contributed by atoms with Gasteiger partial charge in [0.2, 0.25) is 11.7 Å². The van der Waals surface area contributed by atoms with Crippen molar-refractivity contribution in [2.24, 2.45) is 0 Å². The molecule has 0 saturated heterocycles. The minimum Gasteiger partial charge on any atom is -0.493 e. The molecule has 0 aliphatic heterocycles. The largest absolute Gasteiger partial charge is 0.493 e. The summed E-state index contributed by atoms with van der Waals surface area (Å²) >= 11 is 0. The van der Waals surface area contributed by atoms with Crippen molar-refractivity contribution in [2.75, 3.05) is 26.6 Å². The summed E-state index contributed by atoms with van der Waals surface area (Å²) in [7, 11) is 4.78. The maximum Gasteiger partial charge on any atom is 0.249 e. The molecular weight excluding hydrogens is 350 g/mol. The van der Waals surface area contributed by atoms with Crippen molar-refractivity contribution in [1.82, 2.24) is 20.1 Å². The predicted molar refractivity (Wildman–Crippen MR) is 97.6 cm³/mol. The van der Waals surface area contributed by atoms with Gasteiger partial charge in [0, 0.05) is 18.7 Å². The first kappa shape index (κ1) is 18.6. The van der Waals surface area contributed by atoms with Gasteiger partial charge in [-0.15, -0.1) is 0 Å². The van der Waals surface area contributed by atoms with E-state index in [1.807, 2.05) is 19.1 Å². The lowest BCUT2D eigenvalue weighted by Crippen LogP contribution is -2.09. The molecule has 0 radical (unpaired) electrons. The van der Waals surface area contributed by atoms with Crippen LogP contribution in [-0.2, 0) is 11.3 Å². The number of anilines is 1. The Hall–Kier alpha value is -3.20. The van der Waals surface area contributed by atoms with Gasteiger partial charge < -0.3 is 24.1 Å². The summed E-state index contributed by atoms with van der Waals surface area (Å²) < 4.78 is 21.0. The van der Waals surface area contributed by atoms with Crippen LogP contribution in [0.5, 0.6) is 11.5 Å². The van der Waals surface area contributed by atoms with E-state index in [4.69, 9.17) is 18.7 Å². The monoisotopic (exact) mass is 371 g/mol. The van der Waals surface area contributed by atoms with E-state index in [1.54, 1.807) is 33.5 Å². The first-order valence-corrected chi connectivity index (χ1v) is 8.27. The molecular formula is C18H21N5O4. The van der Waals surface area contributed by atoms with Gasteiger partial charge in [-0.05, 0) is 25.1 Å². The van der Waals surface area contributed by atoms with Crippen LogP contribution in [-0.4, -0.2) is 41.4 Å². The fraction of sp³-hybridized carbons (Fsp3) is 0.333. The lowest BCUT2D eigenvalue weighted by Gasteiger charge is -2.10. The van der Waals surface area contributed by atoms with E-state index in [9.17, 15) is 0 Å². The van der Waals surface area contributed by atoms with Gasteiger partial charge in [0.25, 0.3) is 0 Å². The number of rotatable bonds is 8. The fourth-order valence-electron chi connectivity index (χ4n) is 2.49. The van der Waals surface area contributed by atoms with Gasteiger partial charge in [-0.2, -0.15) is 4.98 Å². The Morgan fingerprint density at radius 1 is 1.07 bits per heavy atom. The van der Waals surface area contributed by atoms with E-state index in [0.29, 0.717) is 35.6 Å². The molecule has 142 valence electrons. The highest BCUT2D eigenvalue weighted by molar-refractivity contribution is 5.60. The minimum atomic E-state index is -0.239. The van der Waals surface area contributed by atoms with E-state index < -0.39 is 0 Å². The van der Waals surface area contributed by atoms with E-state index >= 15 is 0 Å². The van der Waals surface area contributed by atoms with Gasteiger partial charge in [-0.3, -0.25) is 0 Å². The Balaban J connectivity index is 1.76. The Morgan fingerprint density at radius 3 is 2.63 bits per heavy atom. The topological polar surface area (TPSA) is 104 Å². The lowest BCUT2D eigenvalue weighted by molar-refractivity contribution is 0.181. The highest BCUT2D eigenvalue weighted by atomic mass is 16.5. The molecule has 0 amide bonds. The fourth-order valence-corrected chi connectivity index (χ4v) is 2.49. The molecule has 0 saturated carbocycles. The second-order valence-electron chi connectivity index (χ2n) is 5.72. The van der Waals surface area contributed by atoms with Gasteiger partial charge in [0.05, 0.1) is 26.5 Å². The zero-order valence-electron chi connectivity index (χ0n) is 15.6. The highest BCUT2D eigenvalue weighted by Crippen LogP contribution is 2.31. The summed E-state index contributed by atoms with van der Waals surface area (Å²) in [5.74, 6) is 2.78. The number of ether oxygens (including phenoxy) is 3. The van der Waals surface area contributed by atoms with Crippen LogP contribution in [0.25, 0.3) is 11.4 Å². The average Bonchev–Trinajstić information content (AvgIpc) is 3.18. The molecule has 0 aliphatic rings. The summed E-state index contributed by atoms with van der Waals surface area (Å²) in [6.45, 7) is 2.32. The standard InChI is InChI=1S/C18H21N5O4/c1-11(21-16-8-13(9-24-2)19-10-20-16)18-22-17(23-27-18)12-5-6-14(25-3)15(7-12)26-4/h5-8,10-11H,9H2,1-4H3,(H,19,20,21)/t11-/m0/s1. The Morgan fingerprint density at radius 2 is 1.89 bits per heavy atom. The molecule has 3 rings (SSSR count). The average molecular weight is 371 g/mol. The van der Waals surface area contributed by atoms with E-state index in [-0.39, 0.29) is 6.04 Å². The Labute approximate surface area is 156 Å². The molecule has 27 heavy (non-hydrogen) atoms. The van der Waals surface area contributed by atoms with Crippen LogP contribution >= 0.6 is 0 Å². The number of aromatic nitrogens is 4. The Bertz CT molecular complexity index is 899. The Kier molecular flexibility index (Phi) is 5.82. The summed E-state index contributed by atoms with van der Waals surface area (Å²) in [5, 5.41) is 7.27. The highest BCUT2D eigenvalue weighted by Gasteiger charge is 2.17. The molecule has 1 atom stereocenters. The van der Waals surface area contributed by atoms with Crippen molar-refractivity contribution in [3.63, 3.8) is 0 Å². The van der Waals surface area contributed by atoms with Gasteiger partial charge in [0.15, 0.2) is 11.5 Å². The number of methoxy groups -OCH3 is 3. The molecule has 0 spiro atoms. The predicted octanol–water partition coefficient (Wildman–Crippen LogP) is 2.86. The van der Waals surface area contributed by atoms with E-state index in [0.717, 1.165) is 11.3 Å². The van der Waals surface area contributed by atoms with Crippen molar-refractivity contribution in [2.45, 2.75) is 19.6 Å². The van der Waals surface area contributed by atoms with E-state index in [2.05, 4.69) is 25.4 Å². The summed E-state index contributed by atoms with van der Waals surface area (Å²) in [6.07, 6.45) is 1.48. The number of benzene rings is 1. The van der Waals surface area contributed by atoms with Crippen LogP contribution < -0.4 is 14.8 Å². The molecule has 0 fully saturated rings. The lowest BCUT2D eigenvalue weighted by atomic mass is 10.2. The van der Waals surface area contributed by atoms with Gasteiger partial charge in [0.1, 0.15) is 18.2 Å². The quantitative estimate of drug-likeness (QED) is 0.640. The van der Waals surface area contributed by atoms with Crippen LogP contribution in [0.3, 0.4) is 0 Å². The number of nitrogens with one attached hydrogen (secondary N) is 1. The number of hydrogen-bond donors (Lipinski definition) is 1. The van der Waals surface area contributed by atoms with Crippen LogP contribution in [0.15, 0.2) is 35.1 Å². The number of hydrogen-bond acceptors (Lipinski definition) is 9. The van der Waals surface area contributed by atoms with Crippen molar-refractivity contribution < 1.29 is 18.7 Å². The molecule has 9 heteroatoms. The third-order valence-electron chi connectivity index (χ3n) is 3.83. The third kappa shape index (κ3) is 4.32. The molecule has 9 nitrogen and oxygen atoms in total. The van der Waals surface area contributed by atoms with E-state index in [1.165, 1.54) is 6.33 Å². The molecule has 1 aromatic carbocycles. The molecule has 2 heterocycles. The normalized spacial score (nSPS) is 11.9. The second kappa shape index (κ2) is 8.45. The smallest absolute Gasteiger partial charge is 0.249 e. The van der Waals surface area contributed by atoms with Crippen molar-refractivity contribution >= 4 is 5.82 Å². The SMILES string of the molecule is COCc1cc(N[C@@H](C)c2nc(-c3ccc(OC)c(OC)c3)no2)ncn1. The number of nitrogens with zero attached hydrogens (tertiary/aromatic N) is 4. The molecule has 0 bridgehead atoms. The van der Waals surface area contributed by atoms with Crippen LogP contribution in [0, 0.1) is 0 Å². The second-order valence-corrected chi connectivity index (χ2v) is 5.72. The van der Waals surface area contributed by atoms with Gasteiger partial charge in [-0.25, -0.2) is 9.97 Å². The molecule has 0 unspecified atom stereocenters. The molecule has 2 aromatic heterocycles. The summed E-state index contributed by atoms with van der Waals surface area (Å²) in [6, 6.07) is 7.01. The zero-order chi connectivity index (χ0) is 19.2. The van der Waals surface area contributed by atoms with Crippen LogP contribution in [0.4, 0.5) is 5.82 Å². The summed E-state index contributed by atoms with van der Waals surface area (Å²) in [4.78, 5) is 12.8. The van der Waals surface area contributed by atoms with Crippen LogP contribution in [0.2, 0.25) is 0 Å². The van der Waals surface area contributed by atoms with Gasteiger partial charge >= 0.3 is 0 Å².